The highest BCUT2D eigenvalue weighted by Gasteiger charge is 2.21. The van der Waals surface area contributed by atoms with Crippen molar-refractivity contribution in [1.82, 2.24) is 10.2 Å². The number of carbonyl (C=O) groups is 2. The Hall–Kier alpha value is -2.86. The normalized spacial score (nSPS) is 14.1. The number of anilines is 1. The SMILES string of the molecule is COC(=O)c1ccc(CNCC(=O)N2CCN(c3ccccc3C)CC2)cc1. The van der Waals surface area contributed by atoms with Crippen LogP contribution in [0.25, 0.3) is 0 Å². The number of carbonyl (C=O) groups excluding carboxylic acids is 2. The molecule has 0 radical (unpaired) electrons. The molecule has 28 heavy (non-hydrogen) atoms. The number of aryl methyl sites for hydroxylation is 1. The highest BCUT2D eigenvalue weighted by molar-refractivity contribution is 5.89. The summed E-state index contributed by atoms with van der Waals surface area (Å²) in [7, 11) is 1.37. The Bertz CT molecular complexity index is 812. The monoisotopic (exact) mass is 381 g/mol. The third kappa shape index (κ3) is 4.89. The van der Waals surface area contributed by atoms with E-state index in [2.05, 4.69) is 40.1 Å². The number of rotatable bonds is 6. The number of ether oxygens (including phenoxy) is 1. The highest BCUT2D eigenvalue weighted by Crippen LogP contribution is 2.20. The summed E-state index contributed by atoms with van der Waals surface area (Å²) in [4.78, 5) is 28.2. The van der Waals surface area contributed by atoms with Gasteiger partial charge in [0.25, 0.3) is 0 Å². The molecule has 6 heteroatoms. The predicted molar refractivity (Wildman–Crippen MR) is 109 cm³/mol. The lowest BCUT2D eigenvalue weighted by Crippen LogP contribution is -2.51. The number of benzene rings is 2. The Morgan fingerprint density at radius 3 is 2.32 bits per heavy atom. The number of para-hydroxylation sites is 1. The summed E-state index contributed by atoms with van der Waals surface area (Å²) in [6.07, 6.45) is 0. The molecule has 2 aromatic carbocycles. The Morgan fingerprint density at radius 1 is 1.00 bits per heavy atom. The first-order valence-corrected chi connectivity index (χ1v) is 9.55. The number of esters is 1. The molecular formula is C22H27N3O3. The van der Waals surface area contributed by atoms with E-state index >= 15 is 0 Å². The molecule has 148 valence electrons. The summed E-state index contributed by atoms with van der Waals surface area (Å²) in [5.41, 5.74) is 4.06. The minimum absolute atomic E-state index is 0.121. The second kappa shape index (κ2) is 9.37. The smallest absolute Gasteiger partial charge is 0.337 e. The maximum Gasteiger partial charge on any atom is 0.337 e. The molecule has 1 fully saturated rings. The van der Waals surface area contributed by atoms with E-state index in [1.54, 1.807) is 12.1 Å². The second-order valence-corrected chi connectivity index (χ2v) is 6.95. The van der Waals surface area contributed by atoms with E-state index in [9.17, 15) is 9.59 Å². The molecular weight excluding hydrogens is 354 g/mol. The van der Waals surface area contributed by atoms with Crippen molar-refractivity contribution in [1.29, 1.82) is 0 Å². The van der Waals surface area contributed by atoms with Gasteiger partial charge in [0.15, 0.2) is 0 Å². The summed E-state index contributed by atoms with van der Waals surface area (Å²) in [5, 5.41) is 3.19. The summed E-state index contributed by atoms with van der Waals surface area (Å²) >= 11 is 0. The third-order valence-electron chi connectivity index (χ3n) is 5.07. The topological polar surface area (TPSA) is 61.9 Å². The molecule has 2 aromatic rings. The van der Waals surface area contributed by atoms with Crippen molar-refractivity contribution in [2.24, 2.45) is 0 Å². The van der Waals surface area contributed by atoms with Crippen LogP contribution in [0, 0.1) is 6.92 Å². The molecule has 1 heterocycles. The van der Waals surface area contributed by atoms with Crippen LogP contribution in [0.5, 0.6) is 0 Å². The molecule has 6 nitrogen and oxygen atoms in total. The van der Waals surface area contributed by atoms with E-state index < -0.39 is 0 Å². The van der Waals surface area contributed by atoms with Crippen LogP contribution in [0.15, 0.2) is 48.5 Å². The van der Waals surface area contributed by atoms with Gasteiger partial charge in [-0.15, -0.1) is 0 Å². The minimum atomic E-state index is -0.348. The molecule has 1 amide bonds. The maximum absolute atomic E-state index is 12.5. The molecule has 0 bridgehead atoms. The van der Waals surface area contributed by atoms with Crippen molar-refractivity contribution in [3.8, 4) is 0 Å². The van der Waals surface area contributed by atoms with Crippen molar-refractivity contribution in [3.05, 3.63) is 65.2 Å². The van der Waals surface area contributed by atoms with Crippen LogP contribution in [0.2, 0.25) is 0 Å². The van der Waals surface area contributed by atoms with Crippen LogP contribution in [0.1, 0.15) is 21.5 Å². The summed E-state index contributed by atoms with van der Waals surface area (Å²) in [6.45, 7) is 6.19. The molecule has 3 rings (SSSR count). The summed E-state index contributed by atoms with van der Waals surface area (Å²) < 4.78 is 4.69. The van der Waals surface area contributed by atoms with Gasteiger partial charge < -0.3 is 19.9 Å². The molecule has 0 aliphatic carbocycles. The van der Waals surface area contributed by atoms with Crippen molar-refractivity contribution in [2.45, 2.75) is 13.5 Å². The quantitative estimate of drug-likeness (QED) is 0.778. The first-order valence-electron chi connectivity index (χ1n) is 9.55. The van der Waals surface area contributed by atoms with Crippen LogP contribution in [0.4, 0.5) is 5.69 Å². The molecule has 1 aliphatic rings. The summed E-state index contributed by atoms with van der Waals surface area (Å²) in [6, 6.07) is 15.6. The lowest BCUT2D eigenvalue weighted by Gasteiger charge is -2.36. The van der Waals surface area contributed by atoms with Gasteiger partial charge in [0.1, 0.15) is 0 Å². The molecule has 0 atom stereocenters. The highest BCUT2D eigenvalue weighted by atomic mass is 16.5. The Labute approximate surface area is 166 Å². The number of nitrogens with one attached hydrogen (secondary N) is 1. The standard InChI is InChI=1S/C22H27N3O3/c1-17-5-3-4-6-20(17)24-11-13-25(14-12-24)21(26)16-23-15-18-7-9-19(10-8-18)22(27)28-2/h3-10,23H,11-16H2,1-2H3. The first-order chi connectivity index (χ1) is 13.6. The van der Waals surface area contributed by atoms with Gasteiger partial charge >= 0.3 is 5.97 Å². The van der Waals surface area contributed by atoms with Crippen LogP contribution in [-0.4, -0.2) is 56.6 Å². The third-order valence-corrected chi connectivity index (χ3v) is 5.07. The number of methoxy groups -OCH3 is 1. The van der Waals surface area contributed by atoms with E-state index in [-0.39, 0.29) is 11.9 Å². The fraction of sp³-hybridized carbons (Fsp3) is 0.364. The van der Waals surface area contributed by atoms with Crippen LogP contribution >= 0.6 is 0 Å². The van der Waals surface area contributed by atoms with E-state index in [0.29, 0.717) is 18.7 Å². The minimum Gasteiger partial charge on any atom is -0.465 e. The fourth-order valence-corrected chi connectivity index (χ4v) is 3.42. The first kappa shape index (κ1) is 19.9. The molecule has 0 aromatic heterocycles. The van der Waals surface area contributed by atoms with Gasteiger partial charge in [-0.3, -0.25) is 4.79 Å². The maximum atomic E-state index is 12.5. The Morgan fingerprint density at radius 2 is 1.68 bits per heavy atom. The van der Waals surface area contributed by atoms with E-state index in [1.807, 2.05) is 23.1 Å². The van der Waals surface area contributed by atoms with Crippen molar-refractivity contribution in [2.75, 3.05) is 44.7 Å². The van der Waals surface area contributed by atoms with E-state index in [0.717, 1.165) is 31.7 Å². The molecule has 1 N–H and O–H groups in total. The van der Waals surface area contributed by atoms with E-state index in [4.69, 9.17) is 0 Å². The predicted octanol–water partition coefficient (Wildman–Crippen LogP) is 2.22. The number of nitrogens with zero attached hydrogens (tertiary/aromatic N) is 2. The van der Waals surface area contributed by atoms with Crippen LogP contribution < -0.4 is 10.2 Å². The van der Waals surface area contributed by atoms with Gasteiger partial charge in [-0.05, 0) is 36.2 Å². The molecule has 0 saturated carbocycles. The fourth-order valence-electron chi connectivity index (χ4n) is 3.42. The van der Waals surface area contributed by atoms with Crippen LogP contribution in [0.3, 0.4) is 0 Å². The Balaban J connectivity index is 1.42. The van der Waals surface area contributed by atoms with E-state index in [1.165, 1.54) is 18.4 Å². The number of hydrogen-bond donors (Lipinski definition) is 1. The molecule has 0 unspecified atom stereocenters. The molecule has 1 aliphatic heterocycles. The number of amides is 1. The zero-order valence-electron chi connectivity index (χ0n) is 16.5. The van der Waals surface area contributed by atoms with Crippen molar-refractivity contribution < 1.29 is 14.3 Å². The lowest BCUT2D eigenvalue weighted by atomic mass is 10.1. The average molecular weight is 381 g/mol. The lowest BCUT2D eigenvalue weighted by molar-refractivity contribution is -0.130. The zero-order valence-corrected chi connectivity index (χ0v) is 16.5. The van der Waals surface area contributed by atoms with Gasteiger partial charge in [0.05, 0.1) is 19.2 Å². The second-order valence-electron chi connectivity index (χ2n) is 6.95. The van der Waals surface area contributed by atoms with Gasteiger partial charge in [0.2, 0.25) is 5.91 Å². The van der Waals surface area contributed by atoms with Gasteiger partial charge in [0, 0.05) is 38.4 Å². The van der Waals surface area contributed by atoms with Gasteiger partial charge in [-0.25, -0.2) is 4.79 Å². The number of piperazine rings is 1. The molecule has 0 spiro atoms. The van der Waals surface area contributed by atoms with Gasteiger partial charge in [-0.1, -0.05) is 30.3 Å². The Kier molecular flexibility index (Phi) is 6.66. The zero-order chi connectivity index (χ0) is 19.9. The average Bonchev–Trinajstić information content (AvgIpc) is 2.74. The summed E-state index contributed by atoms with van der Waals surface area (Å²) in [5.74, 6) is -0.227. The van der Waals surface area contributed by atoms with Gasteiger partial charge in [-0.2, -0.15) is 0 Å². The largest absolute Gasteiger partial charge is 0.465 e. The van der Waals surface area contributed by atoms with Crippen molar-refractivity contribution >= 4 is 17.6 Å². The number of hydrogen-bond acceptors (Lipinski definition) is 5. The van der Waals surface area contributed by atoms with Crippen LogP contribution in [-0.2, 0) is 16.1 Å². The molecule has 1 saturated heterocycles. The van der Waals surface area contributed by atoms with Crippen molar-refractivity contribution in [3.63, 3.8) is 0 Å².